The second kappa shape index (κ2) is 9.03. The Morgan fingerprint density at radius 2 is 1.87 bits per heavy atom. The number of benzene rings is 2. The van der Waals surface area contributed by atoms with Crippen LogP contribution in [0.4, 0.5) is 10.1 Å². The lowest BCUT2D eigenvalue weighted by molar-refractivity contribution is -0.385. The number of likely N-dealkylation sites (tertiary alicyclic amines) is 1. The van der Waals surface area contributed by atoms with Crippen LogP contribution in [0.15, 0.2) is 42.5 Å². The van der Waals surface area contributed by atoms with E-state index >= 15 is 0 Å². The Morgan fingerprint density at radius 3 is 2.52 bits per heavy atom. The highest BCUT2D eigenvalue weighted by atomic mass is 19.1. The Morgan fingerprint density at radius 1 is 1.16 bits per heavy atom. The Kier molecular flexibility index (Phi) is 6.20. The monoisotopic (exact) mass is 425 g/mol. The van der Waals surface area contributed by atoms with Crippen molar-refractivity contribution in [2.75, 3.05) is 26.2 Å². The van der Waals surface area contributed by atoms with Gasteiger partial charge in [0.1, 0.15) is 12.1 Å². The molecule has 0 bridgehead atoms. The van der Waals surface area contributed by atoms with Crippen LogP contribution in [0.3, 0.4) is 0 Å². The van der Waals surface area contributed by atoms with Gasteiger partial charge in [0.25, 0.3) is 5.69 Å². The Bertz CT molecular complexity index is 987. The first-order valence-electron chi connectivity index (χ1n) is 10.4. The quantitative estimate of drug-likeness (QED) is 0.293. The van der Waals surface area contributed by atoms with Crippen molar-refractivity contribution in [3.63, 3.8) is 0 Å². The molecule has 0 spiro atoms. The van der Waals surface area contributed by atoms with E-state index < -0.39 is 6.04 Å². The van der Waals surface area contributed by atoms with Gasteiger partial charge in [-0.05, 0) is 61.7 Å². The lowest BCUT2D eigenvalue weighted by Gasteiger charge is -2.34. The molecule has 1 unspecified atom stereocenters. The van der Waals surface area contributed by atoms with Crippen molar-refractivity contribution in [2.24, 2.45) is 5.92 Å². The van der Waals surface area contributed by atoms with E-state index in [4.69, 9.17) is 0 Å². The van der Waals surface area contributed by atoms with Crippen LogP contribution >= 0.6 is 0 Å². The molecule has 0 saturated carbocycles. The third-order valence-corrected chi connectivity index (χ3v) is 6.32. The molecule has 31 heavy (non-hydrogen) atoms. The van der Waals surface area contributed by atoms with Crippen LogP contribution in [-0.2, 0) is 11.3 Å². The summed E-state index contributed by atoms with van der Waals surface area (Å²) in [5.74, 6) is -0.0323. The zero-order valence-electron chi connectivity index (χ0n) is 17.1. The zero-order valence-corrected chi connectivity index (χ0v) is 17.1. The first-order chi connectivity index (χ1) is 15.0. The van der Waals surface area contributed by atoms with E-state index in [0.29, 0.717) is 36.7 Å². The number of fused-ring (bicyclic) bond motifs is 1. The van der Waals surface area contributed by atoms with Gasteiger partial charge in [-0.3, -0.25) is 24.7 Å². The molecule has 162 valence electrons. The minimum absolute atomic E-state index is 0.0261. The summed E-state index contributed by atoms with van der Waals surface area (Å²) in [6.45, 7) is 2.93. The van der Waals surface area contributed by atoms with Crippen LogP contribution < -0.4 is 0 Å². The van der Waals surface area contributed by atoms with Gasteiger partial charge in [-0.15, -0.1) is 0 Å². The van der Waals surface area contributed by atoms with Gasteiger partial charge in [0.2, 0.25) is 0 Å². The molecule has 1 atom stereocenters. The summed E-state index contributed by atoms with van der Waals surface area (Å²) in [7, 11) is 0. The predicted molar refractivity (Wildman–Crippen MR) is 112 cm³/mol. The molecule has 2 heterocycles. The van der Waals surface area contributed by atoms with Crippen LogP contribution in [-0.4, -0.2) is 53.0 Å². The van der Waals surface area contributed by atoms with Gasteiger partial charge in [0, 0.05) is 30.3 Å². The summed E-state index contributed by atoms with van der Waals surface area (Å²) in [6, 6.07) is 10.1. The normalized spacial score (nSPS) is 19.8. The van der Waals surface area contributed by atoms with Gasteiger partial charge in [0.05, 0.1) is 17.5 Å². The number of rotatable bonds is 7. The summed E-state index contributed by atoms with van der Waals surface area (Å²) >= 11 is 0. The molecular formula is C23H24FN3O4. The minimum Gasteiger partial charge on any atom is -0.301 e. The predicted octanol–water partition coefficient (Wildman–Crippen LogP) is 3.38. The molecule has 0 aliphatic carbocycles. The third-order valence-electron chi connectivity index (χ3n) is 6.32. The summed E-state index contributed by atoms with van der Waals surface area (Å²) < 4.78 is 13.0. The number of carbonyl (C=O) groups excluding carboxylic acids is 2. The maximum absolute atomic E-state index is 13.0. The second-order valence-corrected chi connectivity index (χ2v) is 8.26. The van der Waals surface area contributed by atoms with Crippen molar-refractivity contribution >= 4 is 17.8 Å². The molecule has 0 aromatic heterocycles. The van der Waals surface area contributed by atoms with E-state index in [2.05, 4.69) is 4.90 Å². The lowest BCUT2D eigenvalue weighted by Crippen LogP contribution is -2.40. The number of carbonyl (C=O) groups is 2. The molecule has 2 aromatic carbocycles. The fourth-order valence-corrected chi connectivity index (χ4v) is 4.64. The lowest BCUT2D eigenvalue weighted by atomic mass is 9.95. The van der Waals surface area contributed by atoms with E-state index in [1.165, 1.54) is 30.3 Å². The van der Waals surface area contributed by atoms with Crippen molar-refractivity contribution in [1.82, 2.24) is 9.80 Å². The van der Waals surface area contributed by atoms with E-state index in [9.17, 15) is 24.1 Å². The van der Waals surface area contributed by atoms with Gasteiger partial charge in [-0.25, -0.2) is 4.39 Å². The van der Waals surface area contributed by atoms with E-state index in [-0.39, 0.29) is 22.2 Å². The number of hydrogen-bond acceptors (Lipinski definition) is 6. The van der Waals surface area contributed by atoms with Crippen LogP contribution in [0, 0.1) is 21.8 Å². The van der Waals surface area contributed by atoms with E-state index in [1.807, 2.05) is 4.90 Å². The molecule has 4 rings (SSSR count). The van der Waals surface area contributed by atoms with Crippen molar-refractivity contribution in [3.05, 3.63) is 75.1 Å². The smallest absolute Gasteiger partial charge is 0.274 e. The van der Waals surface area contributed by atoms with Crippen molar-refractivity contribution in [1.29, 1.82) is 0 Å². The molecule has 8 heteroatoms. The standard InChI is InChI=1S/C23H24FN3O4/c24-18-6-4-17(5-7-18)23(29)14-25-10-8-16(9-11-25)12-26-13-20-19(22(26)15-28)2-1-3-21(20)27(30)31/h1-7,15-16,22H,8-14H2. The van der Waals surface area contributed by atoms with Crippen molar-refractivity contribution < 1.29 is 18.9 Å². The number of halogens is 1. The molecular weight excluding hydrogens is 401 g/mol. The Labute approximate surface area is 179 Å². The molecule has 2 aliphatic rings. The Balaban J connectivity index is 1.33. The van der Waals surface area contributed by atoms with Gasteiger partial charge < -0.3 is 4.79 Å². The average molecular weight is 425 g/mol. The van der Waals surface area contributed by atoms with Crippen LogP contribution in [0.25, 0.3) is 0 Å². The van der Waals surface area contributed by atoms with Crippen LogP contribution in [0.2, 0.25) is 0 Å². The molecule has 2 aromatic rings. The molecule has 0 N–H and O–H groups in total. The first-order valence-corrected chi connectivity index (χ1v) is 10.4. The average Bonchev–Trinajstić information content (AvgIpc) is 3.12. The number of nitro benzene ring substituents is 1. The van der Waals surface area contributed by atoms with Crippen LogP contribution in [0.1, 0.15) is 40.4 Å². The van der Waals surface area contributed by atoms with Gasteiger partial charge in [-0.2, -0.15) is 0 Å². The fraction of sp³-hybridized carbons (Fsp3) is 0.391. The van der Waals surface area contributed by atoms with Crippen LogP contribution in [0.5, 0.6) is 0 Å². The summed E-state index contributed by atoms with van der Waals surface area (Å²) in [6.07, 6.45) is 2.64. The summed E-state index contributed by atoms with van der Waals surface area (Å²) in [4.78, 5) is 39.2. The maximum atomic E-state index is 13.0. The van der Waals surface area contributed by atoms with E-state index in [0.717, 1.165) is 37.8 Å². The van der Waals surface area contributed by atoms with Gasteiger partial charge >= 0.3 is 0 Å². The molecule has 1 fully saturated rings. The van der Waals surface area contributed by atoms with Crippen molar-refractivity contribution in [2.45, 2.75) is 25.4 Å². The summed E-state index contributed by atoms with van der Waals surface area (Å²) in [5.41, 5.74) is 1.94. The number of ketones is 1. The molecule has 0 radical (unpaired) electrons. The highest BCUT2D eigenvalue weighted by Gasteiger charge is 2.36. The number of Topliss-reactive ketones (excluding diaryl/α,β-unsaturated/α-hetero) is 1. The maximum Gasteiger partial charge on any atom is 0.274 e. The molecule has 2 aliphatic heterocycles. The Hall–Kier alpha value is -2.97. The van der Waals surface area contributed by atoms with Gasteiger partial charge in [-0.1, -0.05) is 12.1 Å². The topological polar surface area (TPSA) is 83.8 Å². The summed E-state index contributed by atoms with van der Waals surface area (Å²) in [5, 5.41) is 11.3. The number of piperidine rings is 1. The number of nitrogens with zero attached hydrogens (tertiary/aromatic N) is 3. The van der Waals surface area contributed by atoms with Gasteiger partial charge in [0.15, 0.2) is 5.78 Å². The molecule has 1 saturated heterocycles. The number of aldehydes is 1. The number of nitro groups is 1. The largest absolute Gasteiger partial charge is 0.301 e. The first kappa shape index (κ1) is 21.3. The fourth-order valence-electron chi connectivity index (χ4n) is 4.64. The molecule has 0 amide bonds. The van der Waals surface area contributed by atoms with E-state index in [1.54, 1.807) is 12.1 Å². The third kappa shape index (κ3) is 4.55. The zero-order chi connectivity index (χ0) is 22.0. The highest BCUT2D eigenvalue weighted by Crippen LogP contribution is 2.38. The molecule has 7 nitrogen and oxygen atoms in total. The van der Waals surface area contributed by atoms with Crippen molar-refractivity contribution in [3.8, 4) is 0 Å². The minimum atomic E-state index is -0.451. The second-order valence-electron chi connectivity index (χ2n) is 8.26. The SMILES string of the molecule is O=CC1c2cccc([N+](=O)[O-])c2CN1CC1CCN(CC(=O)c2ccc(F)cc2)CC1. The number of hydrogen-bond donors (Lipinski definition) is 0. The highest BCUT2D eigenvalue weighted by molar-refractivity contribution is 5.97.